The van der Waals surface area contributed by atoms with E-state index in [4.69, 9.17) is 19.2 Å². The standard InChI is InChI=1S/C36H32BrN3O5S/c1-4-8-27-32(35(42)43-5-2)33(23-13-16-29-30(17-23)45-20-44-29)40-34(41)31(46-36(40)38-27)18-26-21(3)39(28-10-7-6-9-25(26)28)19-22-11-14-24(37)15-12-22/h6-7,9-18,33H,4-5,8,19-20H2,1-3H3/b31-18-/t33-/m0/s1. The van der Waals surface area contributed by atoms with Crippen molar-refractivity contribution in [3.8, 4) is 11.5 Å². The van der Waals surface area contributed by atoms with Crippen LogP contribution in [0, 0.1) is 6.92 Å². The lowest BCUT2D eigenvalue weighted by molar-refractivity contribution is -0.139. The molecule has 0 amide bonds. The van der Waals surface area contributed by atoms with Gasteiger partial charge in [0, 0.05) is 33.2 Å². The molecule has 0 aliphatic carbocycles. The number of benzene rings is 3. The van der Waals surface area contributed by atoms with E-state index in [0.717, 1.165) is 38.6 Å². The number of allylic oxidation sites excluding steroid dienone is 1. The quantitative estimate of drug-likeness (QED) is 0.176. The molecule has 0 saturated heterocycles. The van der Waals surface area contributed by atoms with E-state index in [-0.39, 0.29) is 19.0 Å². The van der Waals surface area contributed by atoms with Crippen LogP contribution in [-0.4, -0.2) is 28.5 Å². The van der Waals surface area contributed by atoms with Gasteiger partial charge in [-0.05, 0) is 67.8 Å². The average molecular weight is 699 g/mol. The second-order valence-electron chi connectivity index (χ2n) is 11.3. The van der Waals surface area contributed by atoms with Gasteiger partial charge in [0.1, 0.15) is 0 Å². The molecule has 0 radical (unpaired) electrons. The molecule has 0 N–H and O–H groups in total. The van der Waals surface area contributed by atoms with Crippen LogP contribution in [0.25, 0.3) is 17.0 Å². The minimum Gasteiger partial charge on any atom is -0.463 e. The second-order valence-corrected chi connectivity index (χ2v) is 13.2. The minimum atomic E-state index is -0.728. The number of hydrogen-bond donors (Lipinski definition) is 0. The van der Waals surface area contributed by atoms with Gasteiger partial charge >= 0.3 is 5.97 Å². The van der Waals surface area contributed by atoms with Crippen molar-refractivity contribution in [3.05, 3.63) is 125 Å². The smallest absolute Gasteiger partial charge is 0.338 e. The molecular formula is C36H32BrN3O5S. The number of esters is 1. The van der Waals surface area contributed by atoms with Gasteiger partial charge in [0.05, 0.1) is 28.5 Å². The Hall–Kier alpha value is -4.41. The fraction of sp³-hybridized carbons (Fsp3) is 0.250. The molecule has 46 heavy (non-hydrogen) atoms. The van der Waals surface area contributed by atoms with E-state index >= 15 is 0 Å². The normalized spacial score (nSPS) is 15.7. The molecule has 2 aromatic heterocycles. The third kappa shape index (κ3) is 5.29. The SMILES string of the molecule is CCCC1=C(C(=O)OCC)[C@H](c2ccc3c(c2)OCO3)n2c(s/c(=C\c3c(C)n(Cc4ccc(Br)cc4)c4ccccc34)c2=O)=N1. The Kier molecular flexibility index (Phi) is 8.16. The van der Waals surface area contributed by atoms with Crippen LogP contribution in [-0.2, 0) is 16.1 Å². The lowest BCUT2D eigenvalue weighted by Gasteiger charge is -2.25. The molecule has 0 bridgehead atoms. The van der Waals surface area contributed by atoms with Gasteiger partial charge in [-0.25, -0.2) is 9.79 Å². The van der Waals surface area contributed by atoms with Crippen LogP contribution in [0.1, 0.15) is 55.1 Å². The van der Waals surface area contributed by atoms with Crippen molar-refractivity contribution in [2.24, 2.45) is 4.99 Å². The summed E-state index contributed by atoms with van der Waals surface area (Å²) >= 11 is 4.87. The van der Waals surface area contributed by atoms with Gasteiger partial charge in [-0.3, -0.25) is 9.36 Å². The number of nitrogens with zero attached hydrogens (tertiary/aromatic N) is 3. The molecule has 2 aliphatic heterocycles. The first kappa shape index (κ1) is 30.3. The Morgan fingerprint density at radius 2 is 1.87 bits per heavy atom. The molecule has 0 fully saturated rings. The molecule has 5 aromatic rings. The summed E-state index contributed by atoms with van der Waals surface area (Å²) in [5.74, 6) is 0.728. The first-order chi connectivity index (χ1) is 22.4. The fourth-order valence-corrected chi connectivity index (χ4v) is 7.53. The third-order valence-corrected chi connectivity index (χ3v) is 9.93. The Morgan fingerprint density at radius 3 is 2.65 bits per heavy atom. The van der Waals surface area contributed by atoms with Gasteiger partial charge < -0.3 is 18.8 Å². The zero-order valence-corrected chi connectivity index (χ0v) is 28.1. The molecule has 10 heteroatoms. The second kappa shape index (κ2) is 12.4. The zero-order valence-electron chi connectivity index (χ0n) is 25.7. The number of fused-ring (bicyclic) bond motifs is 3. The van der Waals surface area contributed by atoms with Gasteiger partial charge in [-0.15, -0.1) is 0 Å². The van der Waals surface area contributed by atoms with Crippen LogP contribution < -0.4 is 24.4 Å². The first-order valence-electron chi connectivity index (χ1n) is 15.3. The summed E-state index contributed by atoms with van der Waals surface area (Å²) in [6, 6.07) is 21.4. The molecule has 8 nitrogen and oxygen atoms in total. The molecule has 0 unspecified atom stereocenters. The molecule has 0 saturated carbocycles. The number of para-hydroxylation sites is 1. The summed E-state index contributed by atoms with van der Waals surface area (Å²) in [4.78, 5) is 33.5. The van der Waals surface area contributed by atoms with Crippen molar-refractivity contribution < 1.29 is 19.0 Å². The highest BCUT2D eigenvalue weighted by Crippen LogP contribution is 2.39. The number of hydrogen-bond acceptors (Lipinski definition) is 7. The zero-order chi connectivity index (χ0) is 31.9. The molecule has 1 atom stereocenters. The topological polar surface area (TPSA) is 84.0 Å². The molecule has 7 rings (SSSR count). The van der Waals surface area contributed by atoms with E-state index in [1.807, 2.05) is 55.5 Å². The molecular weight excluding hydrogens is 666 g/mol. The van der Waals surface area contributed by atoms with Gasteiger partial charge in [-0.1, -0.05) is 77.0 Å². The Bertz CT molecular complexity index is 2210. The Labute approximate surface area is 278 Å². The molecule has 0 spiro atoms. The van der Waals surface area contributed by atoms with E-state index in [1.54, 1.807) is 11.5 Å². The summed E-state index contributed by atoms with van der Waals surface area (Å²) in [6.07, 6.45) is 3.33. The van der Waals surface area contributed by atoms with Crippen LogP contribution in [0.5, 0.6) is 11.5 Å². The maximum absolute atomic E-state index is 14.4. The Balaban J connectivity index is 1.43. The van der Waals surface area contributed by atoms with Crippen molar-refractivity contribution in [1.82, 2.24) is 9.13 Å². The number of ether oxygens (including phenoxy) is 3. The van der Waals surface area contributed by atoms with Crippen molar-refractivity contribution in [3.63, 3.8) is 0 Å². The maximum atomic E-state index is 14.4. The number of aromatic nitrogens is 2. The van der Waals surface area contributed by atoms with Gasteiger partial charge in [0.2, 0.25) is 6.79 Å². The summed E-state index contributed by atoms with van der Waals surface area (Å²) in [5.41, 5.74) is 5.84. The highest BCUT2D eigenvalue weighted by Gasteiger charge is 2.35. The molecule has 4 heterocycles. The van der Waals surface area contributed by atoms with Crippen molar-refractivity contribution in [1.29, 1.82) is 0 Å². The Morgan fingerprint density at radius 1 is 1.09 bits per heavy atom. The molecule has 2 aliphatic rings. The van der Waals surface area contributed by atoms with Crippen LogP contribution in [0.2, 0.25) is 0 Å². The number of carbonyl (C=O) groups excluding carboxylic acids is 1. The molecule has 3 aromatic carbocycles. The number of carbonyl (C=O) groups is 1. The first-order valence-corrected chi connectivity index (χ1v) is 16.9. The lowest BCUT2D eigenvalue weighted by Crippen LogP contribution is -2.40. The minimum absolute atomic E-state index is 0.123. The lowest BCUT2D eigenvalue weighted by atomic mass is 9.94. The largest absolute Gasteiger partial charge is 0.463 e. The number of halogens is 1. The average Bonchev–Trinajstić information content (AvgIpc) is 3.72. The highest BCUT2D eigenvalue weighted by atomic mass is 79.9. The van der Waals surface area contributed by atoms with Crippen molar-refractivity contribution in [2.75, 3.05) is 13.4 Å². The fourth-order valence-electron chi connectivity index (χ4n) is 6.27. The maximum Gasteiger partial charge on any atom is 0.338 e. The van der Waals surface area contributed by atoms with Gasteiger partial charge in [-0.2, -0.15) is 0 Å². The van der Waals surface area contributed by atoms with E-state index in [2.05, 4.69) is 51.7 Å². The van der Waals surface area contributed by atoms with Crippen molar-refractivity contribution >= 4 is 50.2 Å². The summed E-state index contributed by atoms with van der Waals surface area (Å²) in [6.45, 7) is 6.94. The van der Waals surface area contributed by atoms with Crippen LogP contribution in [0.3, 0.4) is 0 Å². The van der Waals surface area contributed by atoms with Crippen LogP contribution >= 0.6 is 27.3 Å². The van der Waals surface area contributed by atoms with E-state index in [0.29, 0.717) is 45.1 Å². The van der Waals surface area contributed by atoms with E-state index in [1.165, 1.54) is 16.9 Å². The summed E-state index contributed by atoms with van der Waals surface area (Å²) < 4.78 is 22.3. The predicted molar refractivity (Wildman–Crippen MR) is 182 cm³/mol. The number of rotatable bonds is 8. The number of thiazole rings is 1. The van der Waals surface area contributed by atoms with Crippen molar-refractivity contribution in [2.45, 2.75) is 46.2 Å². The highest BCUT2D eigenvalue weighted by molar-refractivity contribution is 9.10. The predicted octanol–water partition coefficient (Wildman–Crippen LogP) is 6.38. The monoisotopic (exact) mass is 697 g/mol. The molecule has 234 valence electrons. The van der Waals surface area contributed by atoms with Gasteiger partial charge in [0.15, 0.2) is 16.3 Å². The van der Waals surface area contributed by atoms with E-state index in [9.17, 15) is 9.59 Å². The third-order valence-electron chi connectivity index (χ3n) is 8.41. The summed E-state index contributed by atoms with van der Waals surface area (Å²) in [5, 5.41) is 1.06. The summed E-state index contributed by atoms with van der Waals surface area (Å²) in [7, 11) is 0. The van der Waals surface area contributed by atoms with Crippen LogP contribution in [0.15, 0.2) is 92.3 Å². The van der Waals surface area contributed by atoms with E-state index < -0.39 is 12.0 Å². The van der Waals surface area contributed by atoms with Crippen LogP contribution in [0.4, 0.5) is 0 Å². The van der Waals surface area contributed by atoms with Gasteiger partial charge in [0.25, 0.3) is 5.56 Å².